The highest BCUT2D eigenvalue weighted by atomic mass is 32.2. The normalized spacial score (nSPS) is 14.5. The van der Waals surface area contributed by atoms with Crippen molar-refractivity contribution in [2.75, 3.05) is 28.8 Å². The summed E-state index contributed by atoms with van der Waals surface area (Å²) in [5.41, 5.74) is 11.6. The molecule has 0 aliphatic rings. The number of aromatic nitrogens is 1. The first-order valence-corrected chi connectivity index (χ1v) is 6.30. The number of nitrogens with zero attached hydrogens (tertiary/aromatic N) is 1. The van der Waals surface area contributed by atoms with Gasteiger partial charge in [-0.2, -0.15) is 0 Å². The van der Waals surface area contributed by atoms with Crippen molar-refractivity contribution in [1.29, 1.82) is 0 Å². The van der Waals surface area contributed by atoms with E-state index in [0.29, 0.717) is 23.1 Å². The molecule has 1 aromatic rings. The number of hydrogen-bond acceptors (Lipinski definition) is 5. The number of nitrogens with one attached hydrogen (secondary N) is 1. The summed E-state index contributed by atoms with van der Waals surface area (Å²) in [6.07, 6.45) is 1.67. The SMILES string of the molecule is CC(CS(C)=O)Nc1ccc(N)c(N)n1. The fraction of sp³-hybridized carbons (Fsp3) is 0.444. The largest absolute Gasteiger partial charge is 0.396 e. The van der Waals surface area contributed by atoms with Crippen LogP contribution in [0.15, 0.2) is 12.1 Å². The van der Waals surface area contributed by atoms with Gasteiger partial charge in [-0.05, 0) is 19.1 Å². The third-order valence-electron chi connectivity index (χ3n) is 1.84. The lowest BCUT2D eigenvalue weighted by Gasteiger charge is -2.13. The molecule has 0 spiro atoms. The van der Waals surface area contributed by atoms with Crippen LogP contribution in [0.25, 0.3) is 0 Å². The van der Waals surface area contributed by atoms with E-state index in [2.05, 4.69) is 10.3 Å². The number of hydrogen-bond donors (Lipinski definition) is 3. The second-order valence-corrected chi connectivity index (χ2v) is 4.94. The zero-order chi connectivity index (χ0) is 11.4. The van der Waals surface area contributed by atoms with Gasteiger partial charge in [0.25, 0.3) is 0 Å². The Bertz CT molecular complexity index is 369. The van der Waals surface area contributed by atoms with E-state index in [1.165, 1.54) is 0 Å². The molecule has 2 atom stereocenters. The molecule has 84 valence electrons. The van der Waals surface area contributed by atoms with E-state index in [1.807, 2.05) is 6.92 Å². The highest BCUT2D eigenvalue weighted by Gasteiger charge is 2.05. The van der Waals surface area contributed by atoms with Gasteiger partial charge in [0.15, 0.2) is 0 Å². The molecule has 6 heteroatoms. The van der Waals surface area contributed by atoms with Crippen molar-refractivity contribution in [3.05, 3.63) is 12.1 Å². The molecular formula is C9H16N4OS. The van der Waals surface area contributed by atoms with Crippen molar-refractivity contribution < 1.29 is 4.21 Å². The Labute approximate surface area is 91.7 Å². The van der Waals surface area contributed by atoms with Crippen LogP contribution in [0.3, 0.4) is 0 Å². The number of nitrogens with two attached hydrogens (primary N) is 2. The van der Waals surface area contributed by atoms with E-state index in [1.54, 1.807) is 18.4 Å². The van der Waals surface area contributed by atoms with Crippen LogP contribution in [0.5, 0.6) is 0 Å². The molecule has 0 amide bonds. The zero-order valence-electron chi connectivity index (χ0n) is 8.86. The number of anilines is 3. The Balaban J connectivity index is 2.64. The second-order valence-electron chi connectivity index (χ2n) is 3.46. The molecular weight excluding hydrogens is 212 g/mol. The molecule has 2 unspecified atom stereocenters. The van der Waals surface area contributed by atoms with E-state index >= 15 is 0 Å². The van der Waals surface area contributed by atoms with Gasteiger partial charge < -0.3 is 16.8 Å². The van der Waals surface area contributed by atoms with Crippen molar-refractivity contribution in [2.45, 2.75) is 13.0 Å². The summed E-state index contributed by atoms with van der Waals surface area (Å²) in [6, 6.07) is 3.53. The Hall–Kier alpha value is -1.30. The van der Waals surface area contributed by atoms with Crippen LogP contribution in [0.4, 0.5) is 17.3 Å². The molecule has 1 rings (SSSR count). The van der Waals surface area contributed by atoms with Gasteiger partial charge in [-0.3, -0.25) is 4.21 Å². The minimum atomic E-state index is -0.825. The molecule has 0 radical (unpaired) electrons. The third-order valence-corrected chi connectivity index (χ3v) is 2.81. The van der Waals surface area contributed by atoms with Gasteiger partial charge in [-0.25, -0.2) is 4.98 Å². The van der Waals surface area contributed by atoms with Crippen LogP contribution in [0.1, 0.15) is 6.92 Å². The Morgan fingerprint density at radius 1 is 1.53 bits per heavy atom. The van der Waals surface area contributed by atoms with E-state index in [-0.39, 0.29) is 6.04 Å². The first kappa shape index (κ1) is 11.8. The van der Waals surface area contributed by atoms with E-state index < -0.39 is 10.8 Å². The lowest BCUT2D eigenvalue weighted by atomic mass is 10.3. The second kappa shape index (κ2) is 4.97. The number of nitrogen functional groups attached to an aromatic ring is 2. The van der Waals surface area contributed by atoms with Crippen molar-refractivity contribution in [3.63, 3.8) is 0 Å². The Kier molecular flexibility index (Phi) is 3.90. The Morgan fingerprint density at radius 3 is 2.73 bits per heavy atom. The van der Waals surface area contributed by atoms with Crippen molar-refractivity contribution in [2.24, 2.45) is 0 Å². The van der Waals surface area contributed by atoms with Crippen LogP contribution in [-0.4, -0.2) is 27.2 Å². The molecule has 0 saturated carbocycles. The minimum Gasteiger partial charge on any atom is -0.396 e. The Morgan fingerprint density at radius 2 is 2.20 bits per heavy atom. The molecule has 0 aromatic carbocycles. The lowest BCUT2D eigenvalue weighted by molar-refractivity contribution is 0.683. The molecule has 0 aliphatic heterocycles. The van der Waals surface area contributed by atoms with Crippen molar-refractivity contribution >= 4 is 28.1 Å². The highest BCUT2D eigenvalue weighted by molar-refractivity contribution is 7.84. The molecule has 0 saturated heterocycles. The summed E-state index contributed by atoms with van der Waals surface area (Å²) in [6.45, 7) is 1.94. The van der Waals surface area contributed by atoms with Crippen LogP contribution >= 0.6 is 0 Å². The molecule has 15 heavy (non-hydrogen) atoms. The number of pyridine rings is 1. The van der Waals surface area contributed by atoms with Crippen molar-refractivity contribution in [1.82, 2.24) is 4.98 Å². The lowest BCUT2D eigenvalue weighted by Crippen LogP contribution is -2.23. The van der Waals surface area contributed by atoms with Gasteiger partial charge in [0.2, 0.25) is 0 Å². The van der Waals surface area contributed by atoms with Crippen LogP contribution in [-0.2, 0) is 10.8 Å². The van der Waals surface area contributed by atoms with Gasteiger partial charge in [-0.1, -0.05) is 0 Å². The monoisotopic (exact) mass is 228 g/mol. The maximum atomic E-state index is 11.0. The van der Waals surface area contributed by atoms with Gasteiger partial charge in [0, 0.05) is 28.9 Å². The van der Waals surface area contributed by atoms with Crippen LogP contribution < -0.4 is 16.8 Å². The predicted octanol–water partition coefficient (Wildman–Crippen LogP) is 0.425. The third kappa shape index (κ3) is 3.75. The fourth-order valence-corrected chi connectivity index (χ4v) is 2.00. The molecule has 0 bridgehead atoms. The summed E-state index contributed by atoms with van der Waals surface area (Å²) >= 11 is 0. The molecule has 0 fully saturated rings. The first-order chi connectivity index (χ1) is 6.99. The first-order valence-electron chi connectivity index (χ1n) is 4.57. The van der Waals surface area contributed by atoms with E-state index in [0.717, 1.165) is 0 Å². The predicted molar refractivity (Wildman–Crippen MR) is 65.1 cm³/mol. The summed E-state index contributed by atoms with van der Waals surface area (Å²) in [5, 5.41) is 3.10. The van der Waals surface area contributed by atoms with Gasteiger partial charge in [0.05, 0.1) is 5.69 Å². The summed E-state index contributed by atoms with van der Waals surface area (Å²) in [7, 11) is -0.825. The summed E-state index contributed by atoms with van der Waals surface area (Å²) in [4.78, 5) is 4.06. The van der Waals surface area contributed by atoms with Crippen LogP contribution in [0.2, 0.25) is 0 Å². The summed E-state index contributed by atoms with van der Waals surface area (Å²) in [5.74, 6) is 1.54. The quantitative estimate of drug-likeness (QED) is 0.694. The van der Waals surface area contributed by atoms with Gasteiger partial charge in [-0.15, -0.1) is 0 Å². The van der Waals surface area contributed by atoms with Crippen LogP contribution in [0, 0.1) is 0 Å². The minimum absolute atomic E-state index is 0.0892. The average molecular weight is 228 g/mol. The smallest absolute Gasteiger partial charge is 0.149 e. The van der Waals surface area contributed by atoms with Crippen molar-refractivity contribution in [3.8, 4) is 0 Å². The van der Waals surface area contributed by atoms with Gasteiger partial charge >= 0.3 is 0 Å². The molecule has 5 nitrogen and oxygen atoms in total. The molecule has 1 aromatic heterocycles. The number of rotatable bonds is 4. The van der Waals surface area contributed by atoms with E-state index in [4.69, 9.17) is 11.5 Å². The highest BCUT2D eigenvalue weighted by Crippen LogP contribution is 2.15. The van der Waals surface area contributed by atoms with E-state index in [9.17, 15) is 4.21 Å². The maximum absolute atomic E-state index is 11.0. The maximum Gasteiger partial charge on any atom is 0.149 e. The topological polar surface area (TPSA) is 94.0 Å². The standard InChI is InChI=1S/C9H16N4OS/c1-6(5-15(2)14)12-8-4-3-7(10)9(11)13-8/h3-4,6H,5,10H2,1-2H3,(H3,11,12,13). The molecule has 0 aliphatic carbocycles. The fourth-order valence-electron chi connectivity index (χ4n) is 1.21. The molecule has 1 heterocycles. The zero-order valence-corrected chi connectivity index (χ0v) is 9.67. The van der Waals surface area contributed by atoms with Gasteiger partial charge in [0.1, 0.15) is 11.6 Å². The average Bonchev–Trinajstić information content (AvgIpc) is 2.10. The molecule has 5 N–H and O–H groups in total. The summed E-state index contributed by atoms with van der Waals surface area (Å²) < 4.78 is 11.0.